The second kappa shape index (κ2) is 13.4. The van der Waals surface area contributed by atoms with Crippen LogP contribution in [0.15, 0.2) is 36.5 Å². The number of hydrogen-bond acceptors (Lipinski definition) is 7. The minimum atomic E-state index is -1.26. The molecule has 1 aliphatic rings. The molecule has 2 heterocycles. The van der Waals surface area contributed by atoms with Gasteiger partial charge in [0.05, 0.1) is 6.61 Å². The van der Waals surface area contributed by atoms with E-state index in [1.165, 1.54) is 6.42 Å². The zero-order chi connectivity index (χ0) is 19.9. The number of esters is 1. The number of aliphatic carboxylic acids is 2. The van der Waals surface area contributed by atoms with Crippen molar-refractivity contribution in [2.75, 3.05) is 39.3 Å². The van der Waals surface area contributed by atoms with E-state index in [2.05, 4.69) is 15.2 Å². The van der Waals surface area contributed by atoms with Gasteiger partial charge in [-0.05, 0) is 38.1 Å². The number of carbonyl (C=O) groups is 3. The summed E-state index contributed by atoms with van der Waals surface area (Å²) in [5.74, 6) is -2.85. The van der Waals surface area contributed by atoms with E-state index < -0.39 is 11.9 Å². The van der Waals surface area contributed by atoms with Crippen molar-refractivity contribution in [3.8, 4) is 0 Å². The van der Waals surface area contributed by atoms with Crippen molar-refractivity contribution in [3.63, 3.8) is 0 Å². The predicted octanol–water partition coefficient (Wildman–Crippen LogP) is 0.636. The summed E-state index contributed by atoms with van der Waals surface area (Å²) in [6.45, 7) is 5.80. The SMILES string of the molecule is O=C(O)/C=C\C(=O)O.O=C(OCCCN1CCCNCC1)c1ccccn1. The Labute approximate surface area is 157 Å². The number of carboxylic acids is 2. The monoisotopic (exact) mass is 379 g/mol. The van der Waals surface area contributed by atoms with E-state index in [9.17, 15) is 14.4 Å². The molecule has 9 heteroatoms. The van der Waals surface area contributed by atoms with Crippen LogP contribution in [0.4, 0.5) is 0 Å². The first-order valence-electron chi connectivity index (χ1n) is 8.64. The van der Waals surface area contributed by atoms with E-state index in [4.69, 9.17) is 14.9 Å². The van der Waals surface area contributed by atoms with Gasteiger partial charge in [-0.2, -0.15) is 0 Å². The van der Waals surface area contributed by atoms with Crippen LogP contribution in [0, 0.1) is 0 Å². The van der Waals surface area contributed by atoms with Gasteiger partial charge in [0.1, 0.15) is 5.69 Å². The number of rotatable bonds is 7. The van der Waals surface area contributed by atoms with Gasteiger partial charge in [0.2, 0.25) is 0 Å². The zero-order valence-corrected chi connectivity index (χ0v) is 15.0. The van der Waals surface area contributed by atoms with E-state index in [1.54, 1.807) is 24.4 Å². The molecule has 0 spiro atoms. The second-order valence-electron chi connectivity index (χ2n) is 5.66. The lowest BCUT2D eigenvalue weighted by atomic mass is 10.3. The minimum absolute atomic E-state index is 0.335. The number of ether oxygens (including phenoxy) is 1. The van der Waals surface area contributed by atoms with Crippen LogP contribution in [-0.2, 0) is 14.3 Å². The molecule has 0 radical (unpaired) electrons. The number of aromatic nitrogens is 1. The Bertz CT molecular complexity index is 597. The van der Waals surface area contributed by atoms with E-state index in [0.717, 1.165) is 39.1 Å². The lowest BCUT2D eigenvalue weighted by molar-refractivity contribution is -0.134. The molecule has 1 aromatic heterocycles. The molecule has 1 saturated heterocycles. The lowest BCUT2D eigenvalue weighted by Gasteiger charge is -2.18. The van der Waals surface area contributed by atoms with Gasteiger partial charge < -0.3 is 25.2 Å². The van der Waals surface area contributed by atoms with Crippen molar-refractivity contribution >= 4 is 17.9 Å². The molecule has 1 fully saturated rings. The smallest absolute Gasteiger partial charge is 0.356 e. The molecule has 148 valence electrons. The second-order valence-corrected chi connectivity index (χ2v) is 5.66. The summed E-state index contributed by atoms with van der Waals surface area (Å²) in [5, 5.41) is 19.0. The fraction of sp³-hybridized carbons (Fsp3) is 0.444. The summed E-state index contributed by atoms with van der Waals surface area (Å²) < 4.78 is 5.21. The van der Waals surface area contributed by atoms with Crippen LogP contribution in [-0.4, -0.2) is 77.3 Å². The summed E-state index contributed by atoms with van der Waals surface area (Å²) in [6.07, 6.45) is 4.78. The van der Waals surface area contributed by atoms with Crippen molar-refractivity contribution in [3.05, 3.63) is 42.2 Å². The molecular formula is C18H25N3O6. The van der Waals surface area contributed by atoms with Crippen LogP contribution in [0.1, 0.15) is 23.3 Å². The number of nitrogens with zero attached hydrogens (tertiary/aromatic N) is 2. The van der Waals surface area contributed by atoms with Gasteiger partial charge in [-0.15, -0.1) is 0 Å². The first-order valence-corrected chi connectivity index (χ1v) is 8.64. The summed E-state index contributed by atoms with van der Waals surface area (Å²) in [6, 6.07) is 5.24. The molecule has 2 rings (SSSR count). The molecule has 0 aliphatic carbocycles. The zero-order valence-electron chi connectivity index (χ0n) is 15.0. The topological polar surface area (TPSA) is 129 Å². The van der Waals surface area contributed by atoms with E-state index in [-0.39, 0.29) is 5.97 Å². The van der Waals surface area contributed by atoms with E-state index in [1.807, 2.05) is 0 Å². The number of hydrogen-bond donors (Lipinski definition) is 3. The van der Waals surface area contributed by atoms with Crippen LogP contribution >= 0.6 is 0 Å². The van der Waals surface area contributed by atoms with Crippen molar-refractivity contribution in [1.82, 2.24) is 15.2 Å². The number of carbonyl (C=O) groups excluding carboxylic acids is 1. The highest BCUT2D eigenvalue weighted by molar-refractivity contribution is 5.89. The largest absolute Gasteiger partial charge is 0.478 e. The number of nitrogens with one attached hydrogen (secondary N) is 1. The van der Waals surface area contributed by atoms with Crippen LogP contribution in [0.25, 0.3) is 0 Å². The third-order valence-electron chi connectivity index (χ3n) is 3.53. The normalized spacial score (nSPS) is 14.7. The van der Waals surface area contributed by atoms with Crippen molar-refractivity contribution in [1.29, 1.82) is 0 Å². The minimum Gasteiger partial charge on any atom is -0.478 e. The lowest BCUT2D eigenvalue weighted by Crippen LogP contribution is -2.29. The fourth-order valence-electron chi connectivity index (χ4n) is 2.28. The maximum atomic E-state index is 11.6. The Morgan fingerprint density at radius 2 is 1.89 bits per heavy atom. The van der Waals surface area contributed by atoms with Crippen LogP contribution in [0.5, 0.6) is 0 Å². The first kappa shape index (κ1) is 22.3. The van der Waals surface area contributed by atoms with Gasteiger partial charge in [0, 0.05) is 38.0 Å². The Kier molecular flexibility index (Phi) is 11.1. The average molecular weight is 379 g/mol. The quantitative estimate of drug-likeness (QED) is 0.355. The number of carboxylic acid groups (broad SMARTS) is 2. The third-order valence-corrected chi connectivity index (χ3v) is 3.53. The summed E-state index contributed by atoms with van der Waals surface area (Å²) in [4.78, 5) is 37.1. The summed E-state index contributed by atoms with van der Waals surface area (Å²) >= 11 is 0. The molecule has 0 amide bonds. The molecule has 0 atom stereocenters. The van der Waals surface area contributed by atoms with Gasteiger partial charge in [-0.3, -0.25) is 0 Å². The Morgan fingerprint density at radius 1 is 1.15 bits per heavy atom. The Hall–Kier alpha value is -2.78. The van der Waals surface area contributed by atoms with Crippen LogP contribution < -0.4 is 5.32 Å². The highest BCUT2D eigenvalue weighted by Gasteiger charge is 2.10. The van der Waals surface area contributed by atoms with Gasteiger partial charge in [-0.1, -0.05) is 6.07 Å². The van der Waals surface area contributed by atoms with Crippen molar-refractivity contribution in [2.24, 2.45) is 0 Å². The van der Waals surface area contributed by atoms with Crippen molar-refractivity contribution < 1.29 is 29.3 Å². The molecule has 0 unspecified atom stereocenters. The summed E-state index contributed by atoms with van der Waals surface area (Å²) in [7, 11) is 0. The molecule has 0 bridgehead atoms. The number of pyridine rings is 1. The Morgan fingerprint density at radius 3 is 2.52 bits per heavy atom. The van der Waals surface area contributed by atoms with Crippen LogP contribution in [0.3, 0.4) is 0 Å². The van der Waals surface area contributed by atoms with Gasteiger partial charge in [-0.25, -0.2) is 19.4 Å². The van der Waals surface area contributed by atoms with Gasteiger partial charge >= 0.3 is 17.9 Å². The predicted molar refractivity (Wildman–Crippen MR) is 97.5 cm³/mol. The molecule has 27 heavy (non-hydrogen) atoms. The van der Waals surface area contributed by atoms with Crippen molar-refractivity contribution in [2.45, 2.75) is 12.8 Å². The van der Waals surface area contributed by atoms with E-state index in [0.29, 0.717) is 24.5 Å². The first-order chi connectivity index (χ1) is 13.0. The maximum absolute atomic E-state index is 11.6. The highest BCUT2D eigenvalue weighted by atomic mass is 16.5. The molecular weight excluding hydrogens is 354 g/mol. The molecule has 3 N–H and O–H groups in total. The molecule has 0 saturated carbocycles. The fourth-order valence-corrected chi connectivity index (χ4v) is 2.28. The summed E-state index contributed by atoms with van der Waals surface area (Å²) in [5.41, 5.74) is 0.376. The average Bonchev–Trinajstić information content (AvgIpc) is 2.93. The van der Waals surface area contributed by atoms with Gasteiger partial charge in [0.15, 0.2) is 0 Å². The van der Waals surface area contributed by atoms with Gasteiger partial charge in [0.25, 0.3) is 0 Å². The standard InChI is InChI=1S/C14H21N3O2.C4H4O4/c18-14(13-5-1-2-7-16-13)19-12-4-10-17-9-3-6-15-8-11-17;5-3(6)1-2-4(7)8/h1-2,5,7,15H,3-4,6,8-12H2;1-2H,(H,5,6)(H,7,8)/b;2-1-. The maximum Gasteiger partial charge on any atom is 0.356 e. The third kappa shape index (κ3) is 11.4. The molecule has 9 nitrogen and oxygen atoms in total. The van der Waals surface area contributed by atoms with Crippen LogP contribution in [0.2, 0.25) is 0 Å². The molecule has 1 aliphatic heterocycles. The van der Waals surface area contributed by atoms with E-state index >= 15 is 0 Å². The highest BCUT2D eigenvalue weighted by Crippen LogP contribution is 2.00. The molecule has 1 aromatic rings. The molecule has 0 aromatic carbocycles. The Balaban J connectivity index is 0.000000387.